The summed E-state index contributed by atoms with van der Waals surface area (Å²) >= 11 is 0. The first-order valence-corrected chi connectivity index (χ1v) is 4.46. The van der Waals surface area contributed by atoms with E-state index in [1.807, 2.05) is 7.05 Å². The lowest BCUT2D eigenvalue weighted by Gasteiger charge is -2.31. The Hall–Kier alpha value is -0.0800. The highest BCUT2D eigenvalue weighted by molar-refractivity contribution is 4.88. The van der Waals surface area contributed by atoms with Crippen molar-refractivity contribution in [3.63, 3.8) is 0 Å². The van der Waals surface area contributed by atoms with Crippen LogP contribution in [-0.2, 0) is 0 Å². The molecule has 0 bridgehead atoms. The lowest BCUT2D eigenvalue weighted by molar-refractivity contribution is 0.202. The Morgan fingerprint density at radius 1 is 1.36 bits per heavy atom. The minimum absolute atomic E-state index is 0.428. The second-order valence-electron chi connectivity index (χ2n) is 4.48. The lowest BCUT2D eigenvalue weighted by atomic mass is 9.78. The molecule has 2 heteroatoms. The molecule has 0 aliphatic carbocycles. The van der Waals surface area contributed by atoms with Gasteiger partial charge in [0.25, 0.3) is 0 Å². The summed E-state index contributed by atoms with van der Waals surface area (Å²) in [6.07, 6.45) is 1.82. The molecule has 11 heavy (non-hydrogen) atoms. The molecule has 0 aromatic heterocycles. The van der Waals surface area contributed by atoms with Crippen molar-refractivity contribution >= 4 is 0 Å². The molecule has 0 spiro atoms. The lowest BCUT2D eigenvalue weighted by Crippen LogP contribution is -2.43. The van der Waals surface area contributed by atoms with Gasteiger partial charge in [0.1, 0.15) is 0 Å². The summed E-state index contributed by atoms with van der Waals surface area (Å²) in [6.45, 7) is 8.10. The molecule has 1 rings (SSSR count). The second-order valence-corrected chi connectivity index (χ2v) is 4.48. The third-order valence-corrected chi connectivity index (χ3v) is 2.65. The van der Waals surface area contributed by atoms with Crippen LogP contribution in [0.4, 0.5) is 0 Å². The van der Waals surface area contributed by atoms with E-state index >= 15 is 0 Å². The predicted octanol–water partition coefficient (Wildman–Crippen LogP) is 1.19. The summed E-state index contributed by atoms with van der Waals surface area (Å²) in [6, 6.07) is 0. The maximum atomic E-state index is 3.45. The largest absolute Gasteiger partial charge is 0.305 e. The van der Waals surface area contributed by atoms with E-state index in [0.717, 1.165) is 12.5 Å². The Bertz CT molecular complexity index is 126. The average Bonchev–Trinajstić information content (AvgIpc) is 2.31. The van der Waals surface area contributed by atoms with Crippen molar-refractivity contribution in [3.8, 4) is 0 Å². The molecule has 1 fully saturated rings. The Balaban J connectivity index is 2.57. The summed E-state index contributed by atoms with van der Waals surface area (Å²) < 4.78 is 0. The van der Waals surface area contributed by atoms with Crippen LogP contribution in [0.15, 0.2) is 0 Å². The van der Waals surface area contributed by atoms with Crippen LogP contribution in [0, 0.1) is 11.3 Å². The average molecular weight is 156 g/mol. The fraction of sp³-hybridized carbons (Fsp3) is 1.00. The zero-order chi connectivity index (χ0) is 8.48. The second kappa shape index (κ2) is 3.11. The standard InChI is InChI=1S/C9H20N2/c1-9(2,3)7-5-6-11-8(7)10-4/h7-8,10-11H,5-6H2,1-4H3. The molecule has 2 nitrogen and oxygen atoms in total. The smallest absolute Gasteiger partial charge is 0.0603 e. The highest BCUT2D eigenvalue weighted by Crippen LogP contribution is 2.32. The normalized spacial score (nSPS) is 32.7. The fourth-order valence-corrected chi connectivity index (χ4v) is 1.94. The quantitative estimate of drug-likeness (QED) is 0.596. The number of hydrogen-bond donors (Lipinski definition) is 2. The Kier molecular flexibility index (Phi) is 2.55. The molecule has 0 radical (unpaired) electrons. The van der Waals surface area contributed by atoms with E-state index in [1.165, 1.54) is 6.42 Å². The van der Waals surface area contributed by atoms with Crippen molar-refractivity contribution in [2.75, 3.05) is 13.6 Å². The predicted molar refractivity (Wildman–Crippen MR) is 48.4 cm³/mol. The summed E-state index contributed by atoms with van der Waals surface area (Å²) in [5.74, 6) is 0.771. The van der Waals surface area contributed by atoms with E-state index in [2.05, 4.69) is 31.4 Å². The van der Waals surface area contributed by atoms with E-state index in [1.54, 1.807) is 0 Å². The maximum Gasteiger partial charge on any atom is 0.0603 e. The molecule has 0 amide bonds. The van der Waals surface area contributed by atoms with Crippen LogP contribution in [0.5, 0.6) is 0 Å². The molecule has 0 aromatic carbocycles. The van der Waals surface area contributed by atoms with Gasteiger partial charge in [-0.2, -0.15) is 0 Å². The van der Waals surface area contributed by atoms with Crippen LogP contribution < -0.4 is 10.6 Å². The van der Waals surface area contributed by atoms with Gasteiger partial charge < -0.3 is 10.6 Å². The van der Waals surface area contributed by atoms with Crippen molar-refractivity contribution in [2.45, 2.75) is 33.4 Å². The number of hydrogen-bond acceptors (Lipinski definition) is 2. The van der Waals surface area contributed by atoms with E-state index in [-0.39, 0.29) is 0 Å². The topological polar surface area (TPSA) is 24.1 Å². The highest BCUT2D eigenvalue weighted by atomic mass is 15.1. The van der Waals surface area contributed by atoms with Crippen LogP contribution in [0.2, 0.25) is 0 Å². The minimum atomic E-state index is 0.428. The Morgan fingerprint density at radius 2 is 2.00 bits per heavy atom. The molecule has 1 saturated heterocycles. The van der Waals surface area contributed by atoms with Crippen LogP contribution in [0.1, 0.15) is 27.2 Å². The van der Waals surface area contributed by atoms with Crippen molar-refractivity contribution in [1.29, 1.82) is 0 Å². The van der Waals surface area contributed by atoms with Crippen molar-refractivity contribution < 1.29 is 0 Å². The molecular formula is C9H20N2. The van der Waals surface area contributed by atoms with Crippen LogP contribution in [-0.4, -0.2) is 19.8 Å². The van der Waals surface area contributed by atoms with Gasteiger partial charge in [0, 0.05) is 0 Å². The molecule has 0 aromatic rings. The van der Waals surface area contributed by atoms with Gasteiger partial charge >= 0.3 is 0 Å². The molecule has 1 heterocycles. The van der Waals surface area contributed by atoms with Crippen molar-refractivity contribution in [2.24, 2.45) is 11.3 Å². The third kappa shape index (κ3) is 1.94. The Morgan fingerprint density at radius 3 is 2.36 bits per heavy atom. The van der Waals surface area contributed by atoms with Gasteiger partial charge in [0.15, 0.2) is 0 Å². The molecule has 2 unspecified atom stereocenters. The third-order valence-electron chi connectivity index (χ3n) is 2.65. The Labute approximate surface area is 69.8 Å². The number of rotatable bonds is 1. The van der Waals surface area contributed by atoms with Crippen molar-refractivity contribution in [1.82, 2.24) is 10.6 Å². The molecular weight excluding hydrogens is 136 g/mol. The van der Waals surface area contributed by atoms with Gasteiger partial charge in [0.05, 0.1) is 6.17 Å². The van der Waals surface area contributed by atoms with Gasteiger partial charge in [-0.15, -0.1) is 0 Å². The molecule has 1 aliphatic rings. The van der Waals surface area contributed by atoms with Gasteiger partial charge in [-0.3, -0.25) is 0 Å². The van der Waals surface area contributed by atoms with Gasteiger partial charge in [-0.1, -0.05) is 20.8 Å². The van der Waals surface area contributed by atoms with E-state index in [0.29, 0.717) is 11.6 Å². The molecule has 66 valence electrons. The van der Waals surface area contributed by atoms with Crippen LogP contribution in [0.25, 0.3) is 0 Å². The molecule has 2 atom stereocenters. The number of nitrogens with one attached hydrogen (secondary N) is 2. The molecule has 1 aliphatic heterocycles. The summed E-state index contributed by atoms with van der Waals surface area (Å²) in [5, 5.41) is 6.76. The fourth-order valence-electron chi connectivity index (χ4n) is 1.94. The highest BCUT2D eigenvalue weighted by Gasteiger charge is 2.34. The monoisotopic (exact) mass is 156 g/mol. The summed E-state index contributed by atoms with van der Waals surface area (Å²) in [4.78, 5) is 0. The SMILES string of the molecule is CNC1NCCC1C(C)(C)C. The van der Waals surface area contributed by atoms with E-state index in [4.69, 9.17) is 0 Å². The van der Waals surface area contributed by atoms with Crippen LogP contribution in [0.3, 0.4) is 0 Å². The van der Waals surface area contributed by atoms with Gasteiger partial charge in [-0.05, 0) is 31.3 Å². The minimum Gasteiger partial charge on any atom is -0.305 e. The van der Waals surface area contributed by atoms with Crippen molar-refractivity contribution in [3.05, 3.63) is 0 Å². The molecule has 2 N–H and O–H groups in total. The zero-order valence-electron chi connectivity index (χ0n) is 8.07. The first-order valence-electron chi connectivity index (χ1n) is 4.46. The summed E-state index contributed by atoms with van der Waals surface area (Å²) in [5.41, 5.74) is 0.428. The first kappa shape index (κ1) is 9.01. The molecule has 0 saturated carbocycles. The maximum absolute atomic E-state index is 3.45. The first-order chi connectivity index (χ1) is 5.05. The van der Waals surface area contributed by atoms with Crippen LogP contribution >= 0.6 is 0 Å². The van der Waals surface area contributed by atoms with Gasteiger partial charge in [0.2, 0.25) is 0 Å². The van der Waals surface area contributed by atoms with E-state index in [9.17, 15) is 0 Å². The van der Waals surface area contributed by atoms with Gasteiger partial charge in [-0.25, -0.2) is 0 Å². The zero-order valence-corrected chi connectivity index (χ0v) is 8.07. The van der Waals surface area contributed by atoms with E-state index < -0.39 is 0 Å². The summed E-state index contributed by atoms with van der Waals surface area (Å²) in [7, 11) is 2.03.